The third-order valence-electron chi connectivity index (χ3n) is 6.50. The lowest BCUT2D eigenvalue weighted by Crippen LogP contribution is -2.37. The van der Waals surface area contributed by atoms with Crippen molar-refractivity contribution >= 4 is 22.6 Å². The molecule has 5 rings (SSSR count). The van der Waals surface area contributed by atoms with Crippen LogP contribution in [-0.2, 0) is 0 Å². The van der Waals surface area contributed by atoms with E-state index in [1.807, 2.05) is 43.4 Å². The number of nitrogens with one attached hydrogen (secondary N) is 2. The van der Waals surface area contributed by atoms with Gasteiger partial charge in [0.2, 0.25) is 0 Å². The van der Waals surface area contributed by atoms with Gasteiger partial charge in [0.05, 0.1) is 11.0 Å². The number of hydrogen-bond acceptors (Lipinski definition) is 4. The zero-order valence-corrected chi connectivity index (χ0v) is 19.4. The summed E-state index contributed by atoms with van der Waals surface area (Å²) in [5.74, 6) is 2.92. The van der Waals surface area contributed by atoms with Crippen LogP contribution in [0.15, 0.2) is 52.9 Å². The Balaban J connectivity index is 1.37. The Hall–Kier alpha value is -2.60. The number of piperidine rings is 1. The summed E-state index contributed by atoms with van der Waals surface area (Å²) < 4.78 is 6.11. The summed E-state index contributed by atoms with van der Waals surface area (Å²) in [4.78, 5) is 10.9. The van der Waals surface area contributed by atoms with Crippen LogP contribution < -0.4 is 5.32 Å². The van der Waals surface area contributed by atoms with Gasteiger partial charge in [-0.05, 0) is 99.4 Å². The Bertz CT molecular complexity index is 1200. The van der Waals surface area contributed by atoms with Crippen LogP contribution in [0.2, 0.25) is 5.02 Å². The van der Waals surface area contributed by atoms with Crippen LogP contribution in [-0.4, -0.2) is 48.1 Å². The number of imidazole rings is 1. The molecule has 0 amide bonds. The highest BCUT2D eigenvalue weighted by molar-refractivity contribution is 6.30. The fourth-order valence-electron chi connectivity index (χ4n) is 4.67. The monoisotopic (exact) mass is 448 g/mol. The van der Waals surface area contributed by atoms with Crippen LogP contribution >= 0.6 is 11.6 Å². The number of aromatic nitrogens is 2. The van der Waals surface area contributed by atoms with Gasteiger partial charge in [0.25, 0.3) is 0 Å². The molecule has 1 aliphatic rings. The number of likely N-dealkylation sites (N-methyl/N-ethyl adjacent to an activating group) is 1. The van der Waals surface area contributed by atoms with E-state index in [0.29, 0.717) is 10.9 Å². The quantitative estimate of drug-likeness (QED) is 0.388. The predicted octanol–water partition coefficient (Wildman–Crippen LogP) is 5.85. The number of H-pyrrole nitrogens is 1. The predicted molar refractivity (Wildman–Crippen MR) is 131 cm³/mol. The van der Waals surface area contributed by atoms with Gasteiger partial charge in [0, 0.05) is 23.7 Å². The van der Waals surface area contributed by atoms with Gasteiger partial charge in [-0.3, -0.25) is 0 Å². The molecule has 6 heteroatoms. The van der Waals surface area contributed by atoms with E-state index in [1.165, 1.54) is 24.0 Å². The molecule has 0 atom stereocenters. The number of nitrogens with zero attached hydrogens (tertiary/aromatic N) is 2. The molecule has 2 N–H and O–H groups in total. The SMILES string of the molecule is CNCCN1CCC(c2cc(C)c3nc(-c4ccc(-c5ccc(Cl)cc5)o4)[nH]c3c2)CC1. The van der Waals surface area contributed by atoms with Gasteiger partial charge in [0.15, 0.2) is 11.6 Å². The summed E-state index contributed by atoms with van der Waals surface area (Å²) in [6.45, 7) is 6.67. The molecule has 32 heavy (non-hydrogen) atoms. The first-order valence-electron chi connectivity index (χ1n) is 11.3. The fourth-order valence-corrected chi connectivity index (χ4v) is 4.79. The molecule has 4 aromatic rings. The second-order valence-electron chi connectivity index (χ2n) is 8.71. The number of rotatable bonds is 6. The molecule has 1 aliphatic heterocycles. The first kappa shape index (κ1) is 21.3. The lowest BCUT2D eigenvalue weighted by atomic mass is 9.88. The van der Waals surface area contributed by atoms with E-state index in [2.05, 4.69) is 34.3 Å². The Morgan fingerprint density at radius 3 is 2.59 bits per heavy atom. The molecule has 0 unspecified atom stereocenters. The Kier molecular flexibility index (Phi) is 6.05. The highest BCUT2D eigenvalue weighted by Crippen LogP contribution is 2.33. The molecule has 0 aliphatic carbocycles. The van der Waals surface area contributed by atoms with Crippen molar-refractivity contribution in [1.29, 1.82) is 0 Å². The number of halogens is 1. The van der Waals surface area contributed by atoms with E-state index >= 15 is 0 Å². The number of aromatic amines is 1. The topological polar surface area (TPSA) is 57.1 Å². The lowest BCUT2D eigenvalue weighted by Gasteiger charge is -2.32. The van der Waals surface area contributed by atoms with Gasteiger partial charge in [0.1, 0.15) is 5.76 Å². The molecule has 2 aromatic heterocycles. The smallest absolute Gasteiger partial charge is 0.174 e. The number of hydrogen-bond donors (Lipinski definition) is 2. The van der Waals surface area contributed by atoms with E-state index in [0.717, 1.165) is 60.1 Å². The van der Waals surface area contributed by atoms with Gasteiger partial charge < -0.3 is 19.6 Å². The number of aryl methyl sites for hydroxylation is 1. The van der Waals surface area contributed by atoms with Gasteiger partial charge in [-0.15, -0.1) is 0 Å². The van der Waals surface area contributed by atoms with Crippen molar-refractivity contribution in [2.24, 2.45) is 0 Å². The van der Waals surface area contributed by atoms with E-state index < -0.39 is 0 Å². The summed E-state index contributed by atoms with van der Waals surface area (Å²) in [5, 5.41) is 3.96. The molecule has 0 saturated carbocycles. The maximum absolute atomic E-state index is 6.11. The summed E-state index contributed by atoms with van der Waals surface area (Å²) >= 11 is 6.01. The summed E-state index contributed by atoms with van der Waals surface area (Å²) in [6, 6.07) is 16.2. The summed E-state index contributed by atoms with van der Waals surface area (Å²) in [6.07, 6.45) is 2.41. The maximum Gasteiger partial charge on any atom is 0.174 e. The van der Waals surface area contributed by atoms with Gasteiger partial charge in [-0.1, -0.05) is 17.7 Å². The molecule has 0 bridgehead atoms. The fraction of sp³-hybridized carbons (Fsp3) is 0.346. The maximum atomic E-state index is 6.11. The lowest BCUT2D eigenvalue weighted by molar-refractivity contribution is 0.214. The first-order valence-corrected chi connectivity index (χ1v) is 11.7. The van der Waals surface area contributed by atoms with Crippen LogP contribution in [0.25, 0.3) is 33.9 Å². The molecular formula is C26H29ClN4O. The third-order valence-corrected chi connectivity index (χ3v) is 6.76. The molecule has 3 heterocycles. The standard InChI is InChI=1S/C26H29ClN4O/c1-17-15-20(18-9-12-31(13-10-18)14-11-28-2)16-22-25(17)30-26(29-22)24-8-7-23(32-24)19-3-5-21(27)6-4-19/h3-8,15-16,18,28H,9-14H2,1-2H3,(H,29,30). The minimum atomic E-state index is 0.607. The molecule has 5 nitrogen and oxygen atoms in total. The van der Waals surface area contributed by atoms with Crippen LogP contribution in [0.5, 0.6) is 0 Å². The molecule has 166 valence electrons. The Morgan fingerprint density at radius 2 is 1.84 bits per heavy atom. The van der Waals surface area contributed by atoms with Crippen molar-refractivity contribution in [2.75, 3.05) is 33.2 Å². The molecule has 0 spiro atoms. The highest BCUT2D eigenvalue weighted by atomic mass is 35.5. The molecule has 0 radical (unpaired) electrons. The van der Waals surface area contributed by atoms with E-state index in [4.69, 9.17) is 21.0 Å². The molecule has 1 saturated heterocycles. The van der Waals surface area contributed by atoms with Crippen LogP contribution in [0, 0.1) is 6.92 Å². The second kappa shape index (κ2) is 9.10. The van der Waals surface area contributed by atoms with E-state index in [1.54, 1.807) is 0 Å². The van der Waals surface area contributed by atoms with E-state index in [-0.39, 0.29) is 0 Å². The minimum absolute atomic E-state index is 0.607. The Labute approximate surface area is 193 Å². The second-order valence-corrected chi connectivity index (χ2v) is 9.15. The zero-order chi connectivity index (χ0) is 22.1. The van der Waals surface area contributed by atoms with Crippen LogP contribution in [0.3, 0.4) is 0 Å². The van der Waals surface area contributed by atoms with E-state index in [9.17, 15) is 0 Å². The summed E-state index contributed by atoms with van der Waals surface area (Å²) in [5.41, 5.74) is 5.72. The third kappa shape index (κ3) is 4.33. The number of benzene rings is 2. The van der Waals surface area contributed by atoms with Gasteiger partial charge >= 0.3 is 0 Å². The average Bonchev–Trinajstić information content (AvgIpc) is 3.46. The van der Waals surface area contributed by atoms with Crippen molar-refractivity contribution < 1.29 is 4.42 Å². The normalized spacial score (nSPS) is 15.6. The molecule has 1 fully saturated rings. The van der Waals surface area contributed by atoms with Crippen molar-refractivity contribution in [3.8, 4) is 22.9 Å². The molecular weight excluding hydrogens is 420 g/mol. The number of fused-ring (bicyclic) bond motifs is 1. The first-order chi connectivity index (χ1) is 15.6. The van der Waals surface area contributed by atoms with Crippen LogP contribution in [0.1, 0.15) is 29.9 Å². The number of likely N-dealkylation sites (tertiary alicyclic amines) is 1. The van der Waals surface area contributed by atoms with Gasteiger partial charge in [-0.2, -0.15) is 0 Å². The van der Waals surface area contributed by atoms with Crippen molar-refractivity contribution in [1.82, 2.24) is 20.2 Å². The average molecular weight is 449 g/mol. The molecule has 2 aromatic carbocycles. The number of furan rings is 1. The van der Waals surface area contributed by atoms with Gasteiger partial charge in [-0.25, -0.2) is 4.98 Å². The van der Waals surface area contributed by atoms with Crippen molar-refractivity contribution in [3.05, 3.63) is 64.7 Å². The highest BCUT2D eigenvalue weighted by Gasteiger charge is 2.22. The van der Waals surface area contributed by atoms with Crippen LogP contribution in [0.4, 0.5) is 0 Å². The van der Waals surface area contributed by atoms with Crippen molar-refractivity contribution in [3.63, 3.8) is 0 Å². The summed E-state index contributed by atoms with van der Waals surface area (Å²) in [7, 11) is 2.02. The largest absolute Gasteiger partial charge is 0.453 e. The van der Waals surface area contributed by atoms with Crippen molar-refractivity contribution in [2.45, 2.75) is 25.7 Å². The Morgan fingerprint density at radius 1 is 1.09 bits per heavy atom. The minimum Gasteiger partial charge on any atom is -0.453 e. The zero-order valence-electron chi connectivity index (χ0n) is 18.6.